The Balaban J connectivity index is 0.000000771. The van der Waals surface area contributed by atoms with Crippen LogP contribution in [0, 0.1) is 18.7 Å². The fourth-order valence-electron chi connectivity index (χ4n) is 2.92. The standard InChI is InChI=1S/C14H20FN.C2H6/c1-3-11-4-6-12(7-5-11)14-10(2)8-16-9-13(14)15;1-2/h8-9,11-12H,3-7H2,1-2H3;1-2H3. The highest BCUT2D eigenvalue weighted by atomic mass is 19.1. The van der Waals surface area contributed by atoms with Gasteiger partial charge in [0.15, 0.2) is 0 Å². The van der Waals surface area contributed by atoms with Gasteiger partial charge in [-0.1, -0.05) is 27.2 Å². The van der Waals surface area contributed by atoms with Crippen LogP contribution in [-0.2, 0) is 0 Å². The molecule has 1 aliphatic carbocycles. The third-order valence-corrected chi connectivity index (χ3v) is 3.97. The van der Waals surface area contributed by atoms with E-state index in [1.165, 1.54) is 25.5 Å². The summed E-state index contributed by atoms with van der Waals surface area (Å²) in [5, 5.41) is 0. The van der Waals surface area contributed by atoms with Crippen LogP contribution < -0.4 is 0 Å². The van der Waals surface area contributed by atoms with E-state index >= 15 is 0 Å². The van der Waals surface area contributed by atoms with Gasteiger partial charge in [-0.3, -0.25) is 4.98 Å². The van der Waals surface area contributed by atoms with Gasteiger partial charge in [0.25, 0.3) is 0 Å². The molecule has 0 unspecified atom stereocenters. The maximum Gasteiger partial charge on any atom is 0.145 e. The first-order valence-electron chi connectivity index (χ1n) is 7.32. The molecule has 0 radical (unpaired) electrons. The lowest BCUT2D eigenvalue weighted by Crippen LogP contribution is -2.14. The van der Waals surface area contributed by atoms with Gasteiger partial charge in [-0.15, -0.1) is 0 Å². The van der Waals surface area contributed by atoms with Gasteiger partial charge in [0, 0.05) is 6.20 Å². The number of nitrogens with zero attached hydrogens (tertiary/aromatic N) is 1. The van der Waals surface area contributed by atoms with Crippen molar-refractivity contribution in [2.24, 2.45) is 5.92 Å². The number of pyridine rings is 1. The second-order valence-corrected chi connectivity index (χ2v) is 4.98. The van der Waals surface area contributed by atoms with Crippen molar-refractivity contribution in [1.82, 2.24) is 4.98 Å². The second-order valence-electron chi connectivity index (χ2n) is 4.98. The van der Waals surface area contributed by atoms with Crippen LogP contribution in [0.15, 0.2) is 12.4 Å². The molecule has 0 atom stereocenters. The molecule has 1 fully saturated rings. The molecule has 0 amide bonds. The topological polar surface area (TPSA) is 12.9 Å². The summed E-state index contributed by atoms with van der Waals surface area (Å²) in [7, 11) is 0. The highest BCUT2D eigenvalue weighted by Crippen LogP contribution is 2.38. The first-order valence-corrected chi connectivity index (χ1v) is 7.32. The predicted octanol–water partition coefficient (Wildman–Crippen LogP) is 5.24. The highest BCUT2D eigenvalue weighted by molar-refractivity contribution is 5.27. The molecule has 0 aromatic carbocycles. The number of aromatic nitrogens is 1. The molecule has 2 rings (SSSR count). The van der Waals surface area contributed by atoms with Crippen molar-refractivity contribution >= 4 is 0 Å². The zero-order valence-corrected chi connectivity index (χ0v) is 12.2. The Bertz CT molecular complexity index is 334. The van der Waals surface area contributed by atoms with E-state index in [1.807, 2.05) is 20.8 Å². The molecule has 1 aromatic heterocycles. The smallest absolute Gasteiger partial charge is 0.145 e. The molecule has 0 saturated heterocycles. The number of rotatable bonds is 2. The first kappa shape index (κ1) is 15.1. The Morgan fingerprint density at radius 2 is 1.78 bits per heavy atom. The minimum Gasteiger partial charge on any atom is -0.261 e. The van der Waals surface area contributed by atoms with E-state index in [-0.39, 0.29) is 5.82 Å². The van der Waals surface area contributed by atoms with Gasteiger partial charge in [-0.05, 0) is 55.6 Å². The molecule has 0 spiro atoms. The van der Waals surface area contributed by atoms with Crippen molar-refractivity contribution in [3.05, 3.63) is 29.3 Å². The van der Waals surface area contributed by atoms with Gasteiger partial charge in [-0.25, -0.2) is 4.39 Å². The number of hydrogen-bond donors (Lipinski definition) is 0. The molecule has 1 saturated carbocycles. The van der Waals surface area contributed by atoms with Crippen molar-refractivity contribution in [2.75, 3.05) is 0 Å². The van der Waals surface area contributed by atoms with Gasteiger partial charge < -0.3 is 0 Å². The van der Waals surface area contributed by atoms with Gasteiger partial charge in [0.1, 0.15) is 5.82 Å². The number of aryl methyl sites for hydroxylation is 1. The Morgan fingerprint density at radius 3 is 2.28 bits per heavy atom. The summed E-state index contributed by atoms with van der Waals surface area (Å²) in [5.41, 5.74) is 1.93. The van der Waals surface area contributed by atoms with Crippen LogP contribution in [0.4, 0.5) is 4.39 Å². The van der Waals surface area contributed by atoms with Gasteiger partial charge >= 0.3 is 0 Å². The van der Waals surface area contributed by atoms with Crippen LogP contribution >= 0.6 is 0 Å². The minimum absolute atomic E-state index is 0.111. The molecule has 0 aliphatic heterocycles. The van der Waals surface area contributed by atoms with E-state index in [0.717, 1.165) is 29.9 Å². The maximum atomic E-state index is 13.8. The van der Waals surface area contributed by atoms with Gasteiger partial charge in [-0.2, -0.15) is 0 Å². The molecule has 102 valence electrons. The molecule has 2 heteroatoms. The van der Waals surface area contributed by atoms with Gasteiger partial charge in [0.05, 0.1) is 6.20 Å². The second kappa shape index (κ2) is 7.50. The summed E-state index contributed by atoms with van der Waals surface area (Å²) < 4.78 is 13.8. The van der Waals surface area contributed by atoms with E-state index in [2.05, 4.69) is 11.9 Å². The van der Waals surface area contributed by atoms with Crippen LogP contribution in [0.1, 0.15) is 69.9 Å². The SMILES string of the molecule is CC.CCC1CCC(c2c(C)cncc2F)CC1. The third kappa shape index (κ3) is 3.54. The molecular formula is C16H26FN. The Labute approximate surface area is 111 Å². The fourth-order valence-corrected chi connectivity index (χ4v) is 2.92. The quantitative estimate of drug-likeness (QED) is 0.700. The Morgan fingerprint density at radius 1 is 1.17 bits per heavy atom. The van der Waals surface area contributed by atoms with Crippen molar-refractivity contribution in [2.45, 2.75) is 65.7 Å². The van der Waals surface area contributed by atoms with Crippen molar-refractivity contribution in [3.63, 3.8) is 0 Å². The van der Waals surface area contributed by atoms with Crippen molar-refractivity contribution in [1.29, 1.82) is 0 Å². The summed E-state index contributed by atoms with van der Waals surface area (Å²) in [6, 6.07) is 0. The van der Waals surface area contributed by atoms with E-state index in [0.29, 0.717) is 5.92 Å². The molecule has 1 aliphatic rings. The predicted molar refractivity (Wildman–Crippen MR) is 75.3 cm³/mol. The van der Waals surface area contributed by atoms with E-state index in [9.17, 15) is 4.39 Å². The lowest BCUT2D eigenvalue weighted by molar-refractivity contribution is 0.313. The molecule has 1 nitrogen and oxygen atoms in total. The largest absolute Gasteiger partial charge is 0.261 e. The fraction of sp³-hybridized carbons (Fsp3) is 0.688. The van der Waals surface area contributed by atoms with Crippen molar-refractivity contribution in [3.8, 4) is 0 Å². The lowest BCUT2D eigenvalue weighted by Gasteiger charge is -2.29. The number of hydrogen-bond acceptors (Lipinski definition) is 1. The van der Waals surface area contributed by atoms with Crippen LogP contribution in [0.5, 0.6) is 0 Å². The lowest BCUT2D eigenvalue weighted by atomic mass is 9.77. The Hall–Kier alpha value is -0.920. The van der Waals surface area contributed by atoms with Crippen LogP contribution in [0.2, 0.25) is 0 Å². The summed E-state index contributed by atoms with van der Waals surface area (Å²) in [5.74, 6) is 1.17. The average Bonchev–Trinajstić information content (AvgIpc) is 2.41. The van der Waals surface area contributed by atoms with Crippen LogP contribution in [-0.4, -0.2) is 4.98 Å². The van der Waals surface area contributed by atoms with E-state index < -0.39 is 0 Å². The van der Waals surface area contributed by atoms with E-state index in [4.69, 9.17) is 0 Å². The third-order valence-electron chi connectivity index (χ3n) is 3.97. The minimum atomic E-state index is -0.111. The summed E-state index contributed by atoms with van der Waals surface area (Å²) in [6.45, 7) is 8.22. The maximum absolute atomic E-state index is 13.8. The number of halogens is 1. The highest BCUT2D eigenvalue weighted by Gasteiger charge is 2.24. The molecule has 0 N–H and O–H groups in total. The van der Waals surface area contributed by atoms with Crippen LogP contribution in [0.3, 0.4) is 0 Å². The zero-order valence-electron chi connectivity index (χ0n) is 12.2. The zero-order chi connectivity index (χ0) is 13.5. The molecule has 1 heterocycles. The normalized spacial score (nSPS) is 23.2. The molecule has 0 bridgehead atoms. The van der Waals surface area contributed by atoms with E-state index in [1.54, 1.807) is 6.20 Å². The summed E-state index contributed by atoms with van der Waals surface area (Å²) in [4.78, 5) is 3.90. The van der Waals surface area contributed by atoms with Crippen molar-refractivity contribution < 1.29 is 4.39 Å². The molecule has 18 heavy (non-hydrogen) atoms. The summed E-state index contributed by atoms with van der Waals surface area (Å²) >= 11 is 0. The first-order chi connectivity index (χ1) is 8.72. The summed E-state index contributed by atoms with van der Waals surface area (Å²) in [6.07, 6.45) is 9.19. The Kier molecular flexibility index (Phi) is 6.31. The van der Waals surface area contributed by atoms with Gasteiger partial charge in [0.2, 0.25) is 0 Å². The van der Waals surface area contributed by atoms with Crippen LogP contribution in [0.25, 0.3) is 0 Å². The molecule has 1 aromatic rings. The molecular weight excluding hydrogens is 225 g/mol. The monoisotopic (exact) mass is 251 g/mol. The average molecular weight is 251 g/mol.